The maximum atomic E-state index is 4.47. The first-order chi connectivity index (χ1) is 12.7. The molecule has 1 saturated heterocycles. The fraction of sp³-hybridized carbons (Fsp3) is 0.450. The number of rotatable bonds is 4. The zero-order chi connectivity index (χ0) is 18.4. The second kappa shape index (κ2) is 10.4. The molecule has 0 bridgehead atoms. The van der Waals surface area contributed by atoms with Gasteiger partial charge in [0.15, 0.2) is 5.96 Å². The van der Waals surface area contributed by atoms with Crippen molar-refractivity contribution in [1.82, 2.24) is 20.2 Å². The summed E-state index contributed by atoms with van der Waals surface area (Å²) < 4.78 is 0. The van der Waals surface area contributed by atoms with E-state index < -0.39 is 0 Å². The summed E-state index contributed by atoms with van der Waals surface area (Å²) >= 11 is 0. The van der Waals surface area contributed by atoms with Gasteiger partial charge in [0.1, 0.15) is 0 Å². The van der Waals surface area contributed by atoms with E-state index >= 15 is 0 Å². The molecule has 2 aromatic rings. The van der Waals surface area contributed by atoms with Crippen LogP contribution in [0.15, 0.2) is 47.7 Å². The number of nitrogens with one attached hydrogen (secondary N) is 1. The van der Waals surface area contributed by atoms with E-state index in [-0.39, 0.29) is 24.0 Å². The molecule has 27 heavy (non-hydrogen) atoms. The van der Waals surface area contributed by atoms with Crippen molar-refractivity contribution in [3.05, 3.63) is 53.9 Å². The molecule has 0 amide bonds. The minimum atomic E-state index is 0. The molecule has 1 aliphatic heterocycles. The summed E-state index contributed by atoms with van der Waals surface area (Å²) in [5.74, 6) is 2.21. The molecule has 0 saturated carbocycles. The highest BCUT2D eigenvalue weighted by atomic mass is 127. The highest BCUT2D eigenvalue weighted by Gasteiger charge is 2.21. The Hall–Kier alpha value is -1.90. The van der Waals surface area contributed by atoms with Crippen molar-refractivity contribution >= 4 is 35.9 Å². The summed E-state index contributed by atoms with van der Waals surface area (Å²) in [6.45, 7) is 8.89. The van der Waals surface area contributed by atoms with Crippen LogP contribution in [0.1, 0.15) is 24.0 Å². The van der Waals surface area contributed by atoms with Gasteiger partial charge in [-0.3, -0.25) is 4.99 Å². The number of nitrogens with zero attached hydrogens (tertiary/aromatic N) is 5. The number of anilines is 1. The second-order valence-corrected chi connectivity index (χ2v) is 6.77. The molecule has 0 radical (unpaired) electrons. The number of hydrogen-bond acceptors (Lipinski definition) is 4. The van der Waals surface area contributed by atoms with E-state index in [4.69, 9.17) is 0 Å². The first-order valence-corrected chi connectivity index (χ1v) is 9.21. The Morgan fingerprint density at radius 1 is 1.15 bits per heavy atom. The summed E-state index contributed by atoms with van der Waals surface area (Å²) in [7, 11) is 1.85. The lowest BCUT2D eigenvalue weighted by Crippen LogP contribution is -2.53. The lowest BCUT2D eigenvalue weighted by atomic mass is 9.99. The second-order valence-electron chi connectivity index (χ2n) is 6.77. The molecule has 2 heterocycles. The molecule has 1 N–H and O–H groups in total. The number of piperazine rings is 1. The van der Waals surface area contributed by atoms with Gasteiger partial charge in [0.25, 0.3) is 0 Å². The lowest BCUT2D eigenvalue weighted by molar-refractivity contribution is 0.369. The summed E-state index contributed by atoms with van der Waals surface area (Å²) in [5, 5.41) is 3.54. The molecule has 146 valence electrons. The van der Waals surface area contributed by atoms with Crippen LogP contribution < -0.4 is 10.2 Å². The van der Waals surface area contributed by atoms with Crippen molar-refractivity contribution in [3.8, 4) is 0 Å². The van der Waals surface area contributed by atoms with Gasteiger partial charge < -0.3 is 15.1 Å². The molecule has 7 heteroatoms. The molecule has 1 aliphatic rings. The highest BCUT2D eigenvalue weighted by Crippen LogP contribution is 2.16. The third kappa shape index (κ3) is 5.79. The monoisotopic (exact) mass is 480 g/mol. The summed E-state index contributed by atoms with van der Waals surface area (Å²) in [6, 6.07) is 10.6. The topological polar surface area (TPSA) is 56.7 Å². The lowest BCUT2D eigenvalue weighted by Gasteiger charge is -2.36. The highest BCUT2D eigenvalue weighted by molar-refractivity contribution is 14.0. The van der Waals surface area contributed by atoms with E-state index in [2.05, 4.69) is 68.2 Å². The Morgan fingerprint density at radius 3 is 2.48 bits per heavy atom. The number of benzene rings is 1. The van der Waals surface area contributed by atoms with E-state index in [0.29, 0.717) is 5.92 Å². The normalized spacial score (nSPS) is 15.9. The molecule has 0 aliphatic carbocycles. The Labute approximate surface area is 179 Å². The minimum absolute atomic E-state index is 0. The van der Waals surface area contributed by atoms with Crippen molar-refractivity contribution in [3.63, 3.8) is 0 Å². The van der Waals surface area contributed by atoms with Gasteiger partial charge in [-0.05, 0) is 24.5 Å². The molecule has 0 spiro atoms. The van der Waals surface area contributed by atoms with Crippen LogP contribution in [-0.2, 0) is 0 Å². The smallest absolute Gasteiger partial charge is 0.225 e. The van der Waals surface area contributed by atoms with Gasteiger partial charge in [-0.25, -0.2) is 9.97 Å². The average Bonchev–Trinajstić information content (AvgIpc) is 2.69. The molecule has 1 aromatic carbocycles. The SMILES string of the molecule is CN=C(NCC(C)c1cccc(C)c1)N1CCN(c2ncccn2)CC1.I. The third-order valence-electron chi connectivity index (χ3n) is 4.80. The predicted molar refractivity (Wildman–Crippen MR) is 122 cm³/mol. The molecule has 1 atom stereocenters. The number of guanidine groups is 1. The number of aryl methyl sites for hydroxylation is 1. The molecule has 6 nitrogen and oxygen atoms in total. The zero-order valence-electron chi connectivity index (χ0n) is 16.3. The fourth-order valence-corrected chi connectivity index (χ4v) is 3.24. The maximum absolute atomic E-state index is 4.47. The Bertz CT molecular complexity index is 728. The van der Waals surface area contributed by atoms with E-state index in [1.54, 1.807) is 12.4 Å². The maximum Gasteiger partial charge on any atom is 0.225 e. The molecule has 3 rings (SSSR count). The van der Waals surface area contributed by atoms with E-state index in [1.807, 2.05) is 13.1 Å². The van der Waals surface area contributed by atoms with Crippen molar-refractivity contribution in [2.24, 2.45) is 4.99 Å². The van der Waals surface area contributed by atoms with Crippen LogP contribution in [0.25, 0.3) is 0 Å². The van der Waals surface area contributed by atoms with Crippen LogP contribution in [0.4, 0.5) is 5.95 Å². The first kappa shape index (κ1) is 21.4. The van der Waals surface area contributed by atoms with Gasteiger partial charge in [0.05, 0.1) is 0 Å². The molecule has 1 aromatic heterocycles. The average molecular weight is 480 g/mol. The van der Waals surface area contributed by atoms with Crippen LogP contribution in [0, 0.1) is 6.92 Å². The van der Waals surface area contributed by atoms with Gasteiger partial charge in [0.2, 0.25) is 5.95 Å². The Kier molecular flexibility index (Phi) is 8.27. The Balaban J connectivity index is 0.00000261. The largest absolute Gasteiger partial charge is 0.356 e. The van der Waals surface area contributed by atoms with Crippen molar-refractivity contribution in [2.75, 3.05) is 44.7 Å². The van der Waals surface area contributed by atoms with Crippen molar-refractivity contribution < 1.29 is 0 Å². The number of hydrogen-bond donors (Lipinski definition) is 1. The van der Waals surface area contributed by atoms with Gasteiger partial charge in [-0.1, -0.05) is 36.8 Å². The quantitative estimate of drug-likeness (QED) is 0.415. The molecule has 1 fully saturated rings. The molecular formula is C20H29IN6. The third-order valence-corrected chi connectivity index (χ3v) is 4.80. The predicted octanol–water partition coefficient (Wildman–Crippen LogP) is 2.90. The fourth-order valence-electron chi connectivity index (χ4n) is 3.24. The first-order valence-electron chi connectivity index (χ1n) is 9.21. The van der Waals surface area contributed by atoms with Gasteiger partial charge in [-0.15, -0.1) is 24.0 Å². The molecular weight excluding hydrogens is 451 g/mol. The van der Waals surface area contributed by atoms with E-state index in [1.165, 1.54) is 11.1 Å². The minimum Gasteiger partial charge on any atom is -0.356 e. The Morgan fingerprint density at radius 2 is 1.85 bits per heavy atom. The van der Waals surface area contributed by atoms with Crippen molar-refractivity contribution in [1.29, 1.82) is 0 Å². The van der Waals surface area contributed by atoms with Crippen LogP contribution in [0.5, 0.6) is 0 Å². The van der Waals surface area contributed by atoms with Gasteiger partial charge >= 0.3 is 0 Å². The zero-order valence-corrected chi connectivity index (χ0v) is 18.6. The number of aliphatic imine (C=N–C) groups is 1. The van der Waals surface area contributed by atoms with Crippen molar-refractivity contribution in [2.45, 2.75) is 19.8 Å². The molecule has 1 unspecified atom stereocenters. The summed E-state index contributed by atoms with van der Waals surface area (Å²) in [6.07, 6.45) is 3.59. The summed E-state index contributed by atoms with van der Waals surface area (Å²) in [5.41, 5.74) is 2.66. The van der Waals surface area contributed by atoms with Crippen LogP contribution in [0.3, 0.4) is 0 Å². The number of aromatic nitrogens is 2. The van der Waals surface area contributed by atoms with Crippen LogP contribution in [0.2, 0.25) is 0 Å². The van der Waals surface area contributed by atoms with Crippen LogP contribution in [-0.4, -0.2) is 60.6 Å². The van der Waals surface area contributed by atoms with Gasteiger partial charge in [-0.2, -0.15) is 0 Å². The van der Waals surface area contributed by atoms with Crippen LogP contribution >= 0.6 is 24.0 Å². The summed E-state index contributed by atoms with van der Waals surface area (Å²) in [4.78, 5) is 17.7. The van der Waals surface area contributed by atoms with E-state index in [9.17, 15) is 0 Å². The number of halogens is 1. The van der Waals surface area contributed by atoms with E-state index in [0.717, 1.165) is 44.6 Å². The van der Waals surface area contributed by atoms with Gasteiger partial charge in [0, 0.05) is 52.2 Å². The standard InChI is InChI=1S/C20H28N6.HI/c1-16-6-4-7-18(14-16)17(2)15-24-19(21-3)25-10-12-26(13-11-25)20-22-8-5-9-23-20;/h4-9,14,17H,10-13,15H2,1-3H3,(H,21,24);1H.